The van der Waals surface area contributed by atoms with Gasteiger partial charge in [-0.05, 0) is 25.0 Å². The number of aromatic nitrogens is 1. The van der Waals surface area contributed by atoms with Gasteiger partial charge >= 0.3 is 0 Å². The van der Waals surface area contributed by atoms with Crippen molar-refractivity contribution in [2.45, 2.75) is 37.8 Å². The second kappa shape index (κ2) is 4.70. The zero-order valence-electron chi connectivity index (χ0n) is 9.63. The highest BCUT2D eigenvalue weighted by Crippen LogP contribution is 2.25. The number of hydrogen-bond donors (Lipinski definition) is 2. The molecule has 1 saturated carbocycles. The maximum Gasteiger partial charge on any atom is 0.131 e. The lowest BCUT2D eigenvalue weighted by molar-refractivity contribution is 0.106. The zero-order valence-corrected chi connectivity index (χ0v) is 9.63. The van der Waals surface area contributed by atoms with Crippen LogP contribution in [0.15, 0.2) is 18.2 Å². The summed E-state index contributed by atoms with van der Waals surface area (Å²) in [4.78, 5) is 6.32. The maximum absolute atomic E-state index is 9.97. The van der Waals surface area contributed by atoms with Gasteiger partial charge < -0.3 is 15.7 Å². The van der Waals surface area contributed by atoms with Crippen LogP contribution in [0.1, 0.15) is 25.7 Å². The number of rotatable bonds is 2. The molecule has 0 aromatic carbocycles. The minimum absolute atomic E-state index is 0.169. The Morgan fingerprint density at radius 2 is 2.12 bits per heavy atom. The van der Waals surface area contributed by atoms with Gasteiger partial charge in [-0.2, -0.15) is 0 Å². The van der Waals surface area contributed by atoms with Crippen LogP contribution in [0.3, 0.4) is 0 Å². The molecule has 0 spiro atoms. The second-order valence-corrected chi connectivity index (χ2v) is 4.45. The third kappa shape index (κ3) is 2.27. The maximum atomic E-state index is 9.97. The lowest BCUT2D eigenvalue weighted by Crippen LogP contribution is -2.43. The van der Waals surface area contributed by atoms with Crippen molar-refractivity contribution >= 4 is 11.6 Å². The molecule has 88 valence electrons. The van der Waals surface area contributed by atoms with Gasteiger partial charge in [0.2, 0.25) is 0 Å². The van der Waals surface area contributed by atoms with Crippen LogP contribution in [0, 0.1) is 0 Å². The third-order valence-corrected chi connectivity index (χ3v) is 3.31. The number of hydrogen-bond acceptors (Lipinski definition) is 4. The van der Waals surface area contributed by atoms with Crippen LogP contribution in [0.2, 0.25) is 0 Å². The first-order chi connectivity index (χ1) is 7.68. The van der Waals surface area contributed by atoms with E-state index in [0.717, 1.165) is 25.1 Å². The van der Waals surface area contributed by atoms with E-state index in [-0.39, 0.29) is 12.1 Å². The van der Waals surface area contributed by atoms with Crippen LogP contribution in [0.5, 0.6) is 0 Å². The minimum Gasteiger partial charge on any atom is -0.391 e. The van der Waals surface area contributed by atoms with Gasteiger partial charge in [0.05, 0.1) is 12.1 Å². The number of nitrogens with two attached hydrogens (primary N) is 1. The van der Waals surface area contributed by atoms with Gasteiger partial charge in [-0.1, -0.05) is 18.9 Å². The molecule has 16 heavy (non-hydrogen) atoms. The summed E-state index contributed by atoms with van der Waals surface area (Å²) in [6.45, 7) is 0. The van der Waals surface area contributed by atoms with Gasteiger partial charge in [0, 0.05) is 7.05 Å². The number of pyridine rings is 1. The smallest absolute Gasteiger partial charge is 0.131 e. The fraction of sp³-hybridized carbons (Fsp3) is 0.583. The molecular formula is C12H19N3O. The van der Waals surface area contributed by atoms with Gasteiger partial charge in [0.15, 0.2) is 0 Å². The third-order valence-electron chi connectivity index (χ3n) is 3.31. The summed E-state index contributed by atoms with van der Waals surface area (Å²) in [6, 6.07) is 5.76. The van der Waals surface area contributed by atoms with E-state index in [4.69, 9.17) is 5.73 Å². The van der Waals surface area contributed by atoms with Crippen LogP contribution in [0.25, 0.3) is 0 Å². The van der Waals surface area contributed by atoms with E-state index >= 15 is 0 Å². The molecule has 2 atom stereocenters. The second-order valence-electron chi connectivity index (χ2n) is 4.45. The lowest BCUT2D eigenvalue weighted by atomic mass is 9.91. The summed E-state index contributed by atoms with van der Waals surface area (Å²) in [5, 5.41) is 9.97. The molecule has 0 amide bonds. The molecule has 0 saturated heterocycles. The predicted molar refractivity (Wildman–Crippen MR) is 65.3 cm³/mol. The molecule has 4 heteroatoms. The highest BCUT2D eigenvalue weighted by Gasteiger charge is 2.27. The molecular weight excluding hydrogens is 202 g/mol. The van der Waals surface area contributed by atoms with Crippen molar-refractivity contribution in [3.63, 3.8) is 0 Å². The summed E-state index contributed by atoms with van der Waals surface area (Å²) < 4.78 is 0. The van der Waals surface area contributed by atoms with E-state index in [1.165, 1.54) is 6.42 Å². The molecule has 3 N–H and O–H groups in total. The quantitative estimate of drug-likeness (QED) is 0.792. The van der Waals surface area contributed by atoms with Gasteiger partial charge in [0.1, 0.15) is 11.6 Å². The van der Waals surface area contributed by atoms with Crippen LogP contribution in [-0.2, 0) is 0 Å². The van der Waals surface area contributed by atoms with Crippen LogP contribution in [0.4, 0.5) is 11.6 Å². The first-order valence-corrected chi connectivity index (χ1v) is 5.82. The monoisotopic (exact) mass is 221 g/mol. The lowest BCUT2D eigenvalue weighted by Gasteiger charge is -2.35. The van der Waals surface area contributed by atoms with Crippen molar-refractivity contribution in [2.75, 3.05) is 17.7 Å². The molecule has 2 rings (SSSR count). The van der Waals surface area contributed by atoms with E-state index in [9.17, 15) is 5.11 Å². The predicted octanol–water partition coefficient (Wildman–Crippen LogP) is 1.40. The Kier molecular flexibility index (Phi) is 3.29. The molecule has 1 fully saturated rings. The fourth-order valence-corrected chi connectivity index (χ4v) is 2.35. The van der Waals surface area contributed by atoms with E-state index in [0.29, 0.717) is 5.82 Å². The molecule has 1 heterocycles. The van der Waals surface area contributed by atoms with Crippen LogP contribution >= 0.6 is 0 Å². The number of nitrogens with zero attached hydrogens (tertiary/aromatic N) is 2. The van der Waals surface area contributed by atoms with Gasteiger partial charge in [-0.15, -0.1) is 0 Å². The summed E-state index contributed by atoms with van der Waals surface area (Å²) in [5.41, 5.74) is 5.66. The first-order valence-electron chi connectivity index (χ1n) is 5.82. The van der Waals surface area contributed by atoms with Crippen LogP contribution in [-0.4, -0.2) is 29.3 Å². The molecule has 1 aliphatic carbocycles. The zero-order chi connectivity index (χ0) is 11.5. The number of likely N-dealkylation sites (N-methyl/N-ethyl adjacent to an activating group) is 1. The van der Waals surface area contributed by atoms with Crippen molar-refractivity contribution in [1.29, 1.82) is 0 Å². The van der Waals surface area contributed by atoms with Gasteiger partial charge in [0.25, 0.3) is 0 Å². The largest absolute Gasteiger partial charge is 0.391 e. The molecule has 2 unspecified atom stereocenters. The molecule has 1 aromatic rings. The standard InChI is InChI=1S/C12H19N3O/c1-15(9-5-2-3-6-10(9)16)12-8-4-7-11(13)14-12/h4,7-10,16H,2-3,5-6H2,1H3,(H2,13,14). The topological polar surface area (TPSA) is 62.4 Å². The van der Waals surface area contributed by atoms with E-state index in [1.807, 2.05) is 24.1 Å². The highest BCUT2D eigenvalue weighted by atomic mass is 16.3. The van der Waals surface area contributed by atoms with Crippen molar-refractivity contribution < 1.29 is 5.11 Å². The molecule has 1 aliphatic rings. The van der Waals surface area contributed by atoms with Crippen molar-refractivity contribution in [1.82, 2.24) is 4.98 Å². The SMILES string of the molecule is CN(c1cccc(N)n1)C1CCCCC1O. The number of nitrogen functional groups attached to an aromatic ring is 1. The fourth-order valence-electron chi connectivity index (χ4n) is 2.35. The molecule has 0 aliphatic heterocycles. The van der Waals surface area contributed by atoms with E-state index < -0.39 is 0 Å². The van der Waals surface area contributed by atoms with Crippen molar-refractivity contribution in [3.8, 4) is 0 Å². The van der Waals surface area contributed by atoms with Crippen LogP contribution < -0.4 is 10.6 Å². The van der Waals surface area contributed by atoms with Crippen molar-refractivity contribution in [3.05, 3.63) is 18.2 Å². The minimum atomic E-state index is -0.248. The van der Waals surface area contributed by atoms with Crippen molar-refractivity contribution in [2.24, 2.45) is 0 Å². The molecule has 0 bridgehead atoms. The van der Waals surface area contributed by atoms with Gasteiger partial charge in [-0.25, -0.2) is 4.98 Å². The Morgan fingerprint density at radius 1 is 1.38 bits per heavy atom. The highest BCUT2D eigenvalue weighted by molar-refractivity contribution is 5.45. The average molecular weight is 221 g/mol. The summed E-state index contributed by atoms with van der Waals surface area (Å²) in [7, 11) is 1.97. The summed E-state index contributed by atoms with van der Waals surface area (Å²) in [5.74, 6) is 1.36. The number of aliphatic hydroxyl groups excluding tert-OH is 1. The Bertz CT molecular complexity index is 356. The normalized spacial score (nSPS) is 25.4. The number of aliphatic hydroxyl groups is 1. The van der Waals surface area contributed by atoms with E-state index in [2.05, 4.69) is 4.98 Å². The first kappa shape index (κ1) is 11.2. The molecule has 1 aromatic heterocycles. The summed E-state index contributed by atoms with van der Waals surface area (Å²) in [6.07, 6.45) is 3.96. The Hall–Kier alpha value is -1.29. The molecule has 0 radical (unpaired) electrons. The average Bonchev–Trinajstić information content (AvgIpc) is 2.29. The van der Waals surface area contributed by atoms with Gasteiger partial charge in [-0.3, -0.25) is 0 Å². The summed E-state index contributed by atoms with van der Waals surface area (Å²) >= 11 is 0. The van der Waals surface area contributed by atoms with E-state index in [1.54, 1.807) is 6.07 Å². The Balaban J connectivity index is 2.14. The molecule has 4 nitrogen and oxygen atoms in total. The Morgan fingerprint density at radius 3 is 2.81 bits per heavy atom. The Labute approximate surface area is 96.1 Å². The number of anilines is 2.